The van der Waals surface area contributed by atoms with Crippen molar-refractivity contribution in [2.75, 3.05) is 14.2 Å². The number of hydrogen-bond acceptors (Lipinski definition) is 6. The fourth-order valence-electron chi connectivity index (χ4n) is 1.86. The zero-order chi connectivity index (χ0) is 19.7. The molecular weight excluding hydrogens is 338 g/mol. The van der Waals surface area contributed by atoms with Gasteiger partial charge in [0.2, 0.25) is 0 Å². The summed E-state index contributed by atoms with van der Waals surface area (Å²) in [5, 5.41) is 2.32. The van der Waals surface area contributed by atoms with Crippen LogP contribution < -0.4 is 5.32 Å². The highest BCUT2D eigenvalue weighted by Gasteiger charge is 2.20. The lowest BCUT2D eigenvalue weighted by molar-refractivity contribution is -0.136. The van der Waals surface area contributed by atoms with Gasteiger partial charge in [0.1, 0.15) is 11.3 Å². The summed E-state index contributed by atoms with van der Waals surface area (Å²) in [5.41, 5.74) is -0.112. The Hall–Kier alpha value is -3.09. The Morgan fingerprint density at radius 1 is 0.923 bits per heavy atom. The Kier molecular flexibility index (Phi) is 7.58. The molecule has 140 valence electrons. The van der Waals surface area contributed by atoms with Crippen LogP contribution in [-0.2, 0) is 23.8 Å². The molecule has 0 fully saturated rings. The number of carbonyl (C=O) groups excluding carboxylic acids is 3. The van der Waals surface area contributed by atoms with Crippen molar-refractivity contribution in [1.82, 2.24) is 5.32 Å². The van der Waals surface area contributed by atoms with Gasteiger partial charge in [0, 0.05) is 0 Å². The number of carbonyl (C=O) groups is 3. The molecule has 0 saturated heterocycles. The van der Waals surface area contributed by atoms with Crippen LogP contribution in [0.25, 0.3) is 5.57 Å². The average molecular weight is 361 g/mol. The predicted octanol–water partition coefficient (Wildman–Crippen LogP) is 2.82. The second kappa shape index (κ2) is 9.41. The van der Waals surface area contributed by atoms with Gasteiger partial charge in [0.05, 0.1) is 19.8 Å². The maximum absolute atomic E-state index is 12.0. The van der Waals surface area contributed by atoms with E-state index in [2.05, 4.69) is 10.1 Å². The minimum absolute atomic E-state index is 0.181. The Balaban J connectivity index is 3.20. The molecule has 1 N–H and O–H groups in total. The normalized spacial score (nSPS) is 12.2. The van der Waals surface area contributed by atoms with E-state index in [9.17, 15) is 14.4 Å². The summed E-state index contributed by atoms with van der Waals surface area (Å²) < 4.78 is 14.5. The summed E-state index contributed by atoms with van der Waals surface area (Å²) >= 11 is 0. The second-order valence-electron chi connectivity index (χ2n) is 6.14. The zero-order valence-corrected chi connectivity index (χ0v) is 15.5. The van der Waals surface area contributed by atoms with Crippen molar-refractivity contribution in [2.24, 2.45) is 0 Å². The molecule has 0 saturated carbocycles. The molecule has 0 aliphatic rings. The van der Waals surface area contributed by atoms with Crippen LogP contribution in [0.4, 0.5) is 4.79 Å². The van der Waals surface area contributed by atoms with E-state index < -0.39 is 23.6 Å². The van der Waals surface area contributed by atoms with E-state index in [0.717, 1.165) is 0 Å². The molecule has 1 aromatic carbocycles. The molecule has 0 bridgehead atoms. The van der Waals surface area contributed by atoms with Crippen LogP contribution >= 0.6 is 0 Å². The van der Waals surface area contributed by atoms with E-state index >= 15 is 0 Å². The lowest BCUT2D eigenvalue weighted by atomic mass is 10.1. The van der Waals surface area contributed by atoms with E-state index in [-0.39, 0.29) is 11.3 Å². The summed E-state index contributed by atoms with van der Waals surface area (Å²) in [6.45, 7) is 5.08. The first-order chi connectivity index (χ1) is 12.2. The fourth-order valence-corrected chi connectivity index (χ4v) is 1.86. The van der Waals surface area contributed by atoms with Crippen molar-refractivity contribution in [3.05, 3.63) is 53.7 Å². The van der Waals surface area contributed by atoms with E-state index in [1.165, 1.54) is 26.4 Å². The Morgan fingerprint density at radius 2 is 1.50 bits per heavy atom. The highest BCUT2D eigenvalue weighted by molar-refractivity contribution is 6.16. The number of allylic oxidation sites excluding steroid dienone is 2. The lowest BCUT2D eigenvalue weighted by Gasteiger charge is -2.20. The number of methoxy groups -OCH3 is 2. The molecule has 26 heavy (non-hydrogen) atoms. The first kappa shape index (κ1) is 21.0. The van der Waals surface area contributed by atoms with Gasteiger partial charge in [-0.3, -0.25) is 5.32 Å². The van der Waals surface area contributed by atoms with Gasteiger partial charge in [-0.15, -0.1) is 0 Å². The third-order valence-corrected chi connectivity index (χ3v) is 2.95. The Bertz CT molecular complexity index is 713. The molecule has 0 radical (unpaired) electrons. The van der Waals surface area contributed by atoms with Gasteiger partial charge in [-0.05, 0) is 38.5 Å². The van der Waals surface area contributed by atoms with E-state index in [1.807, 2.05) is 0 Å². The summed E-state index contributed by atoms with van der Waals surface area (Å²) in [6.07, 6.45) is 1.81. The van der Waals surface area contributed by atoms with E-state index in [4.69, 9.17) is 9.47 Å². The highest BCUT2D eigenvalue weighted by atomic mass is 16.6. The number of benzene rings is 1. The predicted molar refractivity (Wildman–Crippen MR) is 95.9 cm³/mol. The fraction of sp³-hybridized carbons (Fsp3) is 0.316. The van der Waals surface area contributed by atoms with Crippen LogP contribution in [0.1, 0.15) is 26.3 Å². The van der Waals surface area contributed by atoms with Gasteiger partial charge in [0.15, 0.2) is 0 Å². The number of hydrogen-bond donors (Lipinski definition) is 1. The molecule has 0 aromatic heterocycles. The monoisotopic (exact) mass is 361 g/mol. The smallest absolute Gasteiger partial charge is 0.412 e. The van der Waals surface area contributed by atoms with Crippen molar-refractivity contribution in [2.45, 2.75) is 26.4 Å². The molecule has 7 heteroatoms. The zero-order valence-electron chi connectivity index (χ0n) is 15.5. The second-order valence-corrected chi connectivity index (χ2v) is 6.14. The van der Waals surface area contributed by atoms with Crippen LogP contribution in [-0.4, -0.2) is 37.9 Å². The van der Waals surface area contributed by atoms with Crippen LogP contribution in [0, 0.1) is 0 Å². The average Bonchev–Trinajstić information content (AvgIpc) is 2.59. The largest absolute Gasteiger partial charge is 0.465 e. The molecule has 0 atom stereocenters. The van der Waals surface area contributed by atoms with E-state index in [1.54, 1.807) is 51.1 Å². The highest BCUT2D eigenvalue weighted by Crippen LogP contribution is 2.16. The number of rotatable bonds is 5. The molecular formula is C19H23NO6. The van der Waals surface area contributed by atoms with Gasteiger partial charge in [-0.2, -0.15) is 0 Å². The van der Waals surface area contributed by atoms with Crippen LogP contribution in [0.15, 0.2) is 48.2 Å². The minimum Gasteiger partial charge on any atom is -0.465 e. The van der Waals surface area contributed by atoms with Gasteiger partial charge < -0.3 is 14.2 Å². The van der Waals surface area contributed by atoms with Crippen molar-refractivity contribution >= 4 is 23.6 Å². The summed E-state index contributed by atoms with van der Waals surface area (Å²) in [7, 11) is 2.43. The summed E-state index contributed by atoms with van der Waals surface area (Å²) in [5.74, 6) is -1.38. The van der Waals surface area contributed by atoms with Crippen LogP contribution in [0.3, 0.4) is 0 Å². The van der Waals surface area contributed by atoms with Crippen molar-refractivity contribution < 1.29 is 28.6 Å². The third-order valence-electron chi connectivity index (χ3n) is 2.95. The number of amides is 1. The quantitative estimate of drug-likeness (QED) is 0.375. The molecule has 0 spiro atoms. The third kappa shape index (κ3) is 6.80. The van der Waals surface area contributed by atoms with Gasteiger partial charge in [0.25, 0.3) is 0 Å². The molecule has 1 aromatic rings. The van der Waals surface area contributed by atoms with Crippen molar-refractivity contribution in [3.8, 4) is 0 Å². The van der Waals surface area contributed by atoms with Gasteiger partial charge in [-0.1, -0.05) is 30.3 Å². The molecule has 0 heterocycles. The molecule has 0 aliphatic carbocycles. The standard InChI is InChI=1S/C19H23NO6/c1-19(2,3)26-18(23)20-15(17(22)25-5)12-11-14(16(21)24-4)13-9-7-6-8-10-13/h6-12H,1-5H3,(H,20,23)/b14-11-,15-12+. The van der Waals surface area contributed by atoms with Crippen LogP contribution in [0.2, 0.25) is 0 Å². The first-order valence-corrected chi connectivity index (χ1v) is 7.82. The number of alkyl carbamates (subject to hydrolysis) is 1. The Labute approximate surface area is 152 Å². The first-order valence-electron chi connectivity index (χ1n) is 7.82. The van der Waals surface area contributed by atoms with E-state index in [0.29, 0.717) is 5.56 Å². The minimum atomic E-state index is -0.818. The molecule has 0 aliphatic heterocycles. The Morgan fingerprint density at radius 3 is 2.00 bits per heavy atom. The van der Waals surface area contributed by atoms with Gasteiger partial charge >= 0.3 is 18.0 Å². The van der Waals surface area contributed by atoms with Crippen molar-refractivity contribution in [1.29, 1.82) is 0 Å². The van der Waals surface area contributed by atoms with Crippen LogP contribution in [0.5, 0.6) is 0 Å². The maximum atomic E-state index is 12.0. The number of nitrogens with one attached hydrogen (secondary N) is 1. The summed E-state index contributed by atoms with van der Waals surface area (Å²) in [4.78, 5) is 35.8. The molecule has 7 nitrogen and oxygen atoms in total. The topological polar surface area (TPSA) is 90.9 Å². The van der Waals surface area contributed by atoms with Crippen molar-refractivity contribution in [3.63, 3.8) is 0 Å². The molecule has 1 rings (SSSR count). The molecule has 1 amide bonds. The SMILES string of the molecule is COC(=O)/C(=C\C=C(\NC(=O)OC(C)(C)C)C(=O)OC)c1ccccc1. The van der Waals surface area contributed by atoms with Gasteiger partial charge in [-0.25, -0.2) is 14.4 Å². The number of ether oxygens (including phenoxy) is 3. The number of esters is 2. The summed E-state index contributed by atoms with van der Waals surface area (Å²) in [6, 6.07) is 8.76. The maximum Gasteiger partial charge on any atom is 0.412 e. The molecule has 0 unspecified atom stereocenters. The lowest BCUT2D eigenvalue weighted by Crippen LogP contribution is -2.34.